The Morgan fingerprint density at radius 2 is 2.15 bits per heavy atom. The minimum absolute atomic E-state index is 0.192. The van der Waals surface area contributed by atoms with Gasteiger partial charge >= 0.3 is 0 Å². The molecule has 0 saturated carbocycles. The fraction of sp³-hybridized carbons (Fsp3) is 0.357. The van der Waals surface area contributed by atoms with Gasteiger partial charge in [0.25, 0.3) is 5.91 Å². The Morgan fingerprint density at radius 1 is 1.40 bits per heavy atom. The Morgan fingerprint density at radius 3 is 2.75 bits per heavy atom. The second-order valence-electron chi connectivity index (χ2n) is 4.64. The first kappa shape index (κ1) is 14.0. The molecule has 0 fully saturated rings. The lowest BCUT2D eigenvalue weighted by Gasteiger charge is -2.08. The summed E-state index contributed by atoms with van der Waals surface area (Å²) in [7, 11) is 3.52. The molecule has 0 aliphatic carbocycles. The summed E-state index contributed by atoms with van der Waals surface area (Å²) < 4.78 is 1.87. The number of aryl methyl sites for hydroxylation is 2. The molecule has 0 aliphatic rings. The Kier molecular flexibility index (Phi) is 4.02. The van der Waals surface area contributed by atoms with Crippen LogP contribution in [0.3, 0.4) is 0 Å². The number of pyridine rings is 1. The van der Waals surface area contributed by atoms with Gasteiger partial charge in [-0.15, -0.1) is 0 Å². The third-order valence-corrected chi connectivity index (χ3v) is 3.35. The number of aromatic nitrogens is 3. The average Bonchev–Trinajstić information content (AvgIpc) is 2.69. The van der Waals surface area contributed by atoms with Crippen LogP contribution in [0.2, 0.25) is 0 Å². The molecule has 0 saturated heterocycles. The number of carbonyl (C=O) groups is 1. The number of anilines is 1. The third-order valence-electron chi connectivity index (χ3n) is 3.35. The molecule has 2 rings (SSSR count). The topological polar surface area (TPSA) is 71.8 Å². The van der Waals surface area contributed by atoms with Crippen LogP contribution in [0, 0.1) is 13.8 Å². The first-order chi connectivity index (χ1) is 9.52. The van der Waals surface area contributed by atoms with Crippen LogP contribution in [0.1, 0.15) is 27.4 Å². The number of amides is 1. The summed E-state index contributed by atoms with van der Waals surface area (Å²) in [4.78, 5) is 15.6. The average molecular weight is 273 g/mol. The van der Waals surface area contributed by atoms with Crippen molar-refractivity contribution in [3.8, 4) is 0 Å². The lowest BCUT2D eigenvalue weighted by Crippen LogP contribution is -2.19. The van der Waals surface area contributed by atoms with Crippen molar-refractivity contribution in [2.45, 2.75) is 20.4 Å². The summed E-state index contributed by atoms with van der Waals surface area (Å²) in [6, 6.07) is 3.58. The number of nitrogens with zero attached hydrogens (tertiary/aromatic N) is 3. The van der Waals surface area contributed by atoms with Crippen LogP contribution in [-0.2, 0) is 13.6 Å². The highest BCUT2D eigenvalue weighted by Gasteiger charge is 2.10. The van der Waals surface area contributed by atoms with Gasteiger partial charge in [0.2, 0.25) is 0 Å². The Bertz CT molecular complexity index is 632. The predicted octanol–water partition coefficient (Wildman–Crippen LogP) is 1.40. The van der Waals surface area contributed by atoms with Crippen LogP contribution in [0.4, 0.5) is 5.69 Å². The van der Waals surface area contributed by atoms with Crippen LogP contribution >= 0.6 is 0 Å². The summed E-state index contributed by atoms with van der Waals surface area (Å²) >= 11 is 0. The molecule has 2 aromatic heterocycles. The maximum Gasteiger partial charge on any atom is 0.269 e. The minimum Gasteiger partial charge on any atom is -0.381 e. The van der Waals surface area contributed by atoms with Gasteiger partial charge in [-0.05, 0) is 26.0 Å². The quantitative estimate of drug-likeness (QED) is 0.883. The van der Waals surface area contributed by atoms with Gasteiger partial charge in [-0.2, -0.15) is 5.10 Å². The van der Waals surface area contributed by atoms with Crippen molar-refractivity contribution in [3.05, 3.63) is 41.0 Å². The van der Waals surface area contributed by atoms with E-state index in [1.54, 1.807) is 19.3 Å². The van der Waals surface area contributed by atoms with Gasteiger partial charge in [0.1, 0.15) is 5.69 Å². The highest BCUT2D eigenvalue weighted by Crippen LogP contribution is 2.15. The standard InChI is InChI=1S/C14H19N5O/c1-9-12(10(2)19(4)18-9)8-17-11-5-6-16-13(7-11)14(20)15-3/h5-7H,8H2,1-4H3,(H,15,20)(H,16,17). The Labute approximate surface area is 118 Å². The molecule has 106 valence electrons. The Hall–Kier alpha value is -2.37. The summed E-state index contributed by atoms with van der Waals surface area (Å²) in [5, 5.41) is 10.2. The van der Waals surface area contributed by atoms with Crippen molar-refractivity contribution in [1.29, 1.82) is 0 Å². The molecule has 0 radical (unpaired) electrons. The van der Waals surface area contributed by atoms with E-state index in [0.29, 0.717) is 12.2 Å². The lowest BCUT2D eigenvalue weighted by molar-refractivity contribution is 0.0958. The lowest BCUT2D eigenvalue weighted by atomic mass is 10.2. The molecule has 6 nitrogen and oxygen atoms in total. The summed E-state index contributed by atoms with van der Waals surface area (Å²) in [5.41, 5.74) is 4.58. The van der Waals surface area contributed by atoms with E-state index in [-0.39, 0.29) is 5.91 Å². The third kappa shape index (κ3) is 2.79. The zero-order chi connectivity index (χ0) is 14.7. The zero-order valence-electron chi connectivity index (χ0n) is 12.2. The van der Waals surface area contributed by atoms with Crippen LogP contribution in [0.5, 0.6) is 0 Å². The minimum atomic E-state index is -0.192. The molecular formula is C14H19N5O. The molecule has 1 amide bonds. The first-order valence-corrected chi connectivity index (χ1v) is 6.44. The number of carbonyl (C=O) groups excluding carboxylic acids is 1. The van der Waals surface area contributed by atoms with Crippen LogP contribution < -0.4 is 10.6 Å². The molecule has 6 heteroatoms. The SMILES string of the molecule is CNC(=O)c1cc(NCc2c(C)nn(C)c2C)ccn1. The molecule has 2 N–H and O–H groups in total. The molecule has 2 aromatic rings. The first-order valence-electron chi connectivity index (χ1n) is 6.44. The van der Waals surface area contributed by atoms with E-state index < -0.39 is 0 Å². The molecular weight excluding hydrogens is 254 g/mol. The second kappa shape index (κ2) is 5.73. The smallest absolute Gasteiger partial charge is 0.269 e. The van der Waals surface area contributed by atoms with Crippen LogP contribution in [-0.4, -0.2) is 27.7 Å². The molecule has 20 heavy (non-hydrogen) atoms. The molecule has 0 aromatic carbocycles. The van der Waals surface area contributed by atoms with Gasteiger partial charge < -0.3 is 10.6 Å². The monoisotopic (exact) mass is 273 g/mol. The van der Waals surface area contributed by atoms with Crippen molar-refractivity contribution in [2.24, 2.45) is 7.05 Å². The Balaban J connectivity index is 2.13. The van der Waals surface area contributed by atoms with Crippen molar-refractivity contribution in [1.82, 2.24) is 20.1 Å². The molecule has 0 aliphatic heterocycles. The second-order valence-corrected chi connectivity index (χ2v) is 4.64. The highest BCUT2D eigenvalue weighted by atomic mass is 16.1. The number of nitrogens with one attached hydrogen (secondary N) is 2. The van der Waals surface area contributed by atoms with Gasteiger partial charge in [-0.1, -0.05) is 0 Å². The van der Waals surface area contributed by atoms with E-state index in [1.165, 1.54) is 5.56 Å². The van der Waals surface area contributed by atoms with E-state index in [2.05, 4.69) is 20.7 Å². The number of hydrogen-bond acceptors (Lipinski definition) is 4. The normalized spacial score (nSPS) is 10.4. The molecule has 0 atom stereocenters. The van der Waals surface area contributed by atoms with E-state index in [9.17, 15) is 4.79 Å². The zero-order valence-corrected chi connectivity index (χ0v) is 12.2. The van der Waals surface area contributed by atoms with E-state index in [1.807, 2.05) is 31.6 Å². The molecule has 0 spiro atoms. The van der Waals surface area contributed by atoms with E-state index in [4.69, 9.17) is 0 Å². The highest BCUT2D eigenvalue weighted by molar-refractivity contribution is 5.92. The van der Waals surface area contributed by atoms with E-state index in [0.717, 1.165) is 17.1 Å². The molecule has 0 bridgehead atoms. The van der Waals surface area contributed by atoms with E-state index >= 15 is 0 Å². The number of hydrogen-bond donors (Lipinski definition) is 2. The number of rotatable bonds is 4. The maximum atomic E-state index is 11.5. The maximum absolute atomic E-state index is 11.5. The fourth-order valence-electron chi connectivity index (χ4n) is 2.06. The summed E-state index contributed by atoms with van der Waals surface area (Å²) in [6.07, 6.45) is 1.62. The summed E-state index contributed by atoms with van der Waals surface area (Å²) in [6.45, 7) is 4.70. The molecule has 0 unspecified atom stereocenters. The van der Waals surface area contributed by atoms with Gasteiger partial charge in [0, 0.05) is 43.8 Å². The van der Waals surface area contributed by atoms with Crippen molar-refractivity contribution >= 4 is 11.6 Å². The van der Waals surface area contributed by atoms with Crippen molar-refractivity contribution in [2.75, 3.05) is 12.4 Å². The largest absolute Gasteiger partial charge is 0.381 e. The van der Waals surface area contributed by atoms with Gasteiger partial charge in [-0.3, -0.25) is 14.5 Å². The van der Waals surface area contributed by atoms with Crippen molar-refractivity contribution in [3.63, 3.8) is 0 Å². The van der Waals surface area contributed by atoms with Crippen LogP contribution in [0.25, 0.3) is 0 Å². The van der Waals surface area contributed by atoms with Crippen LogP contribution in [0.15, 0.2) is 18.3 Å². The van der Waals surface area contributed by atoms with Gasteiger partial charge in [0.15, 0.2) is 0 Å². The van der Waals surface area contributed by atoms with Gasteiger partial charge in [0.05, 0.1) is 5.69 Å². The molecule has 2 heterocycles. The predicted molar refractivity (Wildman–Crippen MR) is 77.6 cm³/mol. The van der Waals surface area contributed by atoms with Gasteiger partial charge in [-0.25, -0.2) is 0 Å². The summed E-state index contributed by atoms with van der Waals surface area (Å²) in [5.74, 6) is -0.192. The van der Waals surface area contributed by atoms with Crippen molar-refractivity contribution < 1.29 is 4.79 Å². The fourth-order valence-corrected chi connectivity index (χ4v) is 2.06.